The Balaban J connectivity index is 1.88. The molecule has 118 valence electrons. The van der Waals surface area contributed by atoms with Crippen LogP contribution in [0.2, 0.25) is 0 Å². The molecule has 2 amide bonds. The molecule has 0 unspecified atom stereocenters. The van der Waals surface area contributed by atoms with Gasteiger partial charge in [0.1, 0.15) is 0 Å². The van der Waals surface area contributed by atoms with E-state index >= 15 is 0 Å². The van der Waals surface area contributed by atoms with E-state index in [2.05, 4.69) is 22.9 Å². The Morgan fingerprint density at radius 2 is 2.09 bits per heavy atom. The van der Waals surface area contributed by atoms with Crippen molar-refractivity contribution in [2.45, 2.75) is 32.6 Å². The lowest BCUT2D eigenvalue weighted by molar-refractivity contribution is -0.120. The molecule has 0 bridgehead atoms. The third kappa shape index (κ3) is 5.11. The minimum Gasteiger partial charge on any atom is -0.352 e. The van der Waals surface area contributed by atoms with Gasteiger partial charge in [-0.1, -0.05) is 19.4 Å². The average molecular weight is 319 g/mol. The molecule has 22 heavy (non-hydrogen) atoms. The summed E-state index contributed by atoms with van der Waals surface area (Å²) in [6, 6.07) is 7.05. The van der Waals surface area contributed by atoms with E-state index in [0.717, 1.165) is 25.7 Å². The zero-order valence-corrected chi connectivity index (χ0v) is 13.5. The van der Waals surface area contributed by atoms with Crippen molar-refractivity contribution in [2.24, 2.45) is 5.92 Å². The predicted octanol–water partition coefficient (Wildman–Crippen LogP) is 2.44. The molecule has 0 spiro atoms. The third-order valence-corrected chi connectivity index (χ3v) is 3.59. The van der Waals surface area contributed by atoms with Crippen LogP contribution in [0.1, 0.15) is 43.0 Å². The van der Waals surface area contributed by atoms with Crippen LogP contribution in [0.5, 0.6) is 0 Å². The molecule has 1 saturated carbocycles. The second-order valence-corrected chi connectivity index (χ2v) is 5.82. The molecule has 0 heterocycles. The molecular formula is C16H21N3O2S. The van der Waals surface area contributed by atoms with E-state index in [1.807, 2.05) is 0 Å². The van der Waals surface area contributed by atoms with E-state index in [0.29, 0.717) is 17.8 Å². The zero-order chi connectivity index (χ0) is 15.9. The average Bonchev–Trinajstić information content (AvgIpc) is 3.32. The number of anilines is 1. The lowest BCUT2D eigenvalue weighted by Gasteiger charge is -2.10. The summed E-state index contributed by atoms with van der Waals surface area (Å²) in [6.45, 7) is 2.75. The molecule has 1 aliphatic rings. The molecule has 6 heteroatoms. The number of unbranched alkanes of at least 4 members (excludes halogenated alkanes) is 1. The van der Waals surface area contributed by atoms with Crippen molar-refractivity contribution in [1.29, 1.82) is 0 Å². The largest absolute Gasteiger partial charge is 0.352 e. The van der Waals surface area contributed by atoms with Crippen LogP contribution in [0, 0.1) is 5.92 Å². The minimum absolute atomic E-state index is 0.0361. The maximum absolute atomic E-state index is 12.0. The summed E-state index contributed by atoms with van der Waals surface area (Å²) in [4.78, 5) is 23.6. The second-order valence-electron chi connectivity index (χ2n) is 5.41. The fourth-order valence-corrected chi connectivity index (χ4v) is 2.16. The molecular weight excluding hydrogens is 298 g/mol. The van der Waals surface area contributed by atoms with Gasteiger partial charge in [0.05, 0.1) is 0 Å². The fourth-order valence-electron chi connectivity index (χ4n) is 1.94. The van der Waals surface area contributed by atoms with E-state index in [-0.39, 0.29) is 22.8 Å². The summed E-state index contributed by atoms with van der Waals surface area (Å²) in [7, 11) is 0. The monoisotopic (exact) mass is 319 g/mol. The Kier molecular flexibility index (Phi) is 5.89. The standard InChI is InChI=1S/C16H21N3O2S/c1-2-3-9-17-14(20)12-5-4-6-13(10-12)18-16(22)19-15(21)11-7-8-11/h4-6,10-11H,2-3,7-9H2,1H3,(H,17,20)(H2,18,19,21,22). The van der Waals surface area contributed by atoms with Crippen LogP contribution < -0.4 is 16.0 Å². The first kappa shape index (κ1) is 16.4. The van der Waals surface area contributed by atoms with Gasteiger partial charge in [0, 0.05) is 23.7 Å². The number of thiocarbonyl (C=S) groups is 1. The smallest absolute Gasteiger partial charge is 0.251 e. The van der Waals surface area contributed by atoms with Crippen LogP contribution in [-0.2, 0) is 4.79 Å². The molecule has 0 saturated heterocycles. The quantitative estimate of drug-likeness (QED) is 0.556. The third-order valence-electron chi connectivity index (χ3n) is 3.38. The Morgan fingerprint density at radius 3 is 2.77 bits per heavy atom. The highest BCUT2D eigenvalue weighted by Gasteiger charge is 2.29. The van der Waals surface area contributed by atoms with Crippen molar-refractivity contribution >= 4 is 34.8 Å². The van der Waals surface area contributed by atoms with Crippen molar-refractivity contribution in [3.05, 3.63) is 29.8 Å². The van der Waals surface area contributed by atoms with Gasteiger partial charge in [0.15, 0.2) is 5.11 Å². The summed E-state index contributed by atoms with van der Waals surface area (Å²) < 4.78 is 0. The lowest BCUT2D eigenvalue weighted by atomic mass is 10.2. The minimum atomic E-state index is -0.106. The SMILES string of the molecule is CCCCNC(=O)c1cccc(NC(=S)NC(=O)C2CC2)c1. The maximum atomic E-state index is 12.0. The number of carbonyl (C=O) groups is 2. The molecule has 1 aliphatic carbocycles. The normalized spacial score (nSPS) is 13.3. The van der Waals surface area contributed by atoms with Gasteiger partial charge in [0.2, 0.25) is 5.91 Å². The van der Waals surface area contributed by atoms with Gasteiger partial charge in [-0.05, 0) is 49.7 Å². The van der Waals surface area contributed by atoms with Crippen LogP contribution in [0.25, 0.3) is 0 Å². The van der Waals surface area contributed by atoms with E-state index in [1.54, 1.807) is 24.3 Å². The fraction of sp³-hybridized carbons (Fsp3) is 0.438. The Labute approximate surface area is 135 Å². The first-order chi connectivity index (χ1) is 10.6. The first-order valence-corrected chi connectivity index (χ1v) is 8.01. The summed E-state index contributed by atoms with van der Waals surface area (Å²) in [6.07, 6.45) is 3.86. The first-order valence-electron chi connectivity index (χ1n) is 7.60. The van der Waals surface area contributed by atoms with Crippen molar-refractivity contribution in [1.82, 2.24) is 10.6 Å². The van der Waals surface area contributed by atoms with Gasteiger partial charge in [-0.3, -0.25) is 9.59 Å². The van der Waals surface area contributed by atoms with Crippen molar-refractivity contribution in [3.63, 3.8) is 0 Å². The highest BCUT2D eigenvalue weighted by Crippen LogP contribution is 2.28. The molecule has 0 aliphatic heterocycles. The van der Waals surface area contributed by atoms with Gasteiger partial charge in [0.25, 0.3) is 5.91 Å². The maximum Gasteiger partial charge on any atom is 0.251 e. The van der Waals surface area contributed by atoms with Crippen LogP contribution in [0.4, 0.5) is 5.69 Å². The van der Waals surface area contributed by atoms with Crippen molar-refractivity contribution in [3.8, 4) is 0 Å². The van der Waals surface area contributed by atoms with Gasteiger partial charge in [-0.15, -0.1) is 0 Å². The topological polar surface area (TPSA) is 70.2 Å². The molecule has 1 aromatic rings. The highest BCUT2D eigenvalue weighted by atomic mass is 32.1. The molecule has 0 radical (unpaired) electrons. The number of hydrogen-bond donors (Lipinski definition) is 3. The number of carbonyl (C=O) groups excluding carboxylic acids is 2. The predicted molar refractivity (Wildman–Crippen MR) is 90.8 cm³/mol. The van der Waals surface area contributed by atoms with Gasteiger partial charge in [-0.25, -0.2) is 0 Å². The van der Waals surface area contributed by atoms with Crippen LogP contribution in [0.3, 0.4) is 0 Å². The number of benzene rings is 1. The van der Waals surface area contributed by atoms with Crippen LogP contribution in [-0.4, -0.2) is 23.5 Å². The number of nitrogens with one attached hydrogen (secondary N) is 3. The molecule has 1 aromatic carbocycles. The van der Waals surface area contributed by atoms with E-state index in [9.17, 15) is 9.59 Å². The van der Waals surface area contributed by atoms with Crippen LogP contribution >= 0.6 is 12.2 Å². The molecule has 0 aromatic heterocycles. The van der Waals surface area contributed by atoms with E-state index in [4.69, 9.17) is 12.2 Å². The van der Waals surface area contributed by atoms with Gasteiger partial charge < -0.3 is 16.0 Å². The number of hydrogen-bond acceptors (Lipinski definition) is 3. The molecule has 5 nitrogen and oxygen atoms in total. The molecule has 1 fully saturated rings. The Morgan fingerprint density at radius 1 is 1.32 bits per heavy atom. The summed E-state index contributed by atoms with van der Waals surface area (Å²) >= 11 is 5.11. The molecule has 3 N–H and O–H groups in total. The molecule has 2 rings (SSSR count). The summed E-state index contributed by atoms with van der Waals surface area (Å²) in [5, 5.41) is 8.73. The number of amides is 2. The molecule has 0 atom stereocenters. The summed E-state index contributed by atoms with van der Waals surface area (Å²) in [5.74, 6) is -0.0357. The van der Waals surface area contributed by atoms with Crippen molar-refractivity contribution < 1.29 is 9.59 Å². The number of rotatable bonds is 6. The second kappa shape index (κ2) is 7.89. The van der Waals surface area contributed by atoms with E-state index < -0.39 is 0 Å². The van der Waals surface area contributed by atoms with Crippen molar-refractivity contribution in [2.75, 3.05) is 11.9 Å². The van der Waals surface area contributed by atoms with Crippen LogP contribution in [0.15, 0.2) is 24.3 Å². The van der Waals surface area contributed by atoms with E-state index in [1.165, 1.54) is 0 Å². The van der Waals surface area contributed by atoms with Gasteiger partial charge >= 0.3 is 0 Å². The Hall–Kier alpha value is -1.95. The summed E-state index contributed by atoms with van der Waals surface area (Å²) in [5.41, 5.74) is 1.25. The lowest BCUT2D eigenvalue weighted by Crippen LogP contribution is -2.35. The highest BCUT2D eigenvalue weighted by molar-refractivity contribution is 7.80. The van der Waals surface area contributed by atoms with Gasteiger partial charge in [-0.2, -0.15) is 0 Å². The zero-order valence-electron chi connectivity index (χ0n) is 12.6. The Bertz CT molecular complexity index is 570.